The molecule has 2 atom stereocenters. The molecule has 1 heterocycles. The molecular weight excluding hydrogens is 306 g/mol. The zero-order valence-electron chi connectivity index (χ0n) is 12.5. The second-order valence-corrected chi connectivity index (χ2v) is 8.04. The van der Waals surface area contributed by atoms with Gasteiger partial charge in [0.15, 0.2) is 0 Å². The van der Waals surface area contributed by atoms with Crippen LogP contribution < -0.4 is 5.73 Å². The number of benzene rings is 1. The van der Waals surface area contributed by atoms with E-state index in [1.165, 1.54) is 4.31 Å². The fourth-order valence-electron chi connectivity index (χ4n) is 2.81. The lowest BCUT2D eigenvalue weighted by Gasteiger charge is -2.22. The molecule has 116 valence electrons. The van der Waals surface area contributed by atoms with Crippen LogP contribution in [-0.2, 0) is 10.0 Å². The highest BCUT2D eigenvalue weighted by Gasteiger charge is 2.38. The van der Waals surface area contributed by atoms with E-state index in [0.29, 0.717) is 18.7 Å². The van der Waals surface area contributed by atoms with Gasteiger partial charge >= 0.3 is 0 Å². The summed E-state index contributed by atoms with van der Waals surface area (Å²) in [6.07, 6.45) is 0. The van der Waals surface area contributed by atoms with E-state index in [2.05, 4.69) is 11.8 Å². The number of thiocarbonyl (C=S) groups is 1. The van der Waals surface area contributed by atoms with Crippen LogP contribution in [0.3, 0.4) is 0 Å². The first-order valence-corrected chi connectivity index (χ1v) is 8.65. The fourth-order valence-corrected chi connectivity index (χ4v) is 4.82. The lowest BCUT2D eigenvalue weighted by atomic mass is 10.1. The van der Waals surface area contributed by atoms with Gasteiger partial charge in [-0.15, -0.1) is 0 Å². The molecule has 1 aliphatic heterocycles. The van der Waals surface area contributed by atoms with Gasteiger partial charge in [0.1, 0.15) is 4.99 Å². The Morgan fingerprint density at radius 1 is 1.33 bits per heavy atom. The average molecular weight is 327 g/mol. The smallest absolute Gasteiger partial charge is 0.243 e. The van der Waals surface area contributed by atoms with Crippen molar-refractivity contribution < 1.29 is 8.42 Å². The Morgan fingerprint density at radius 3 is 2.48 bits per heavy atom. The maximum atomic E-state index is 12.9. The van der Waals surface area contributed by atoms with Crippen molar-refractivity contribution in [3.05, 3.63) is 29.8 Å². The van der Waals surface area contributed by atoms with Crippen LogP contribution in [0.4, 0.5) is 0 Å². The summed E-state index contributed by atoms with van der Waals surface area (Å²) >= 11 is 4.97. The first-order chi connectivity index (χ1) is 9.75. The highest BCUT2D eigenvalue weighted by atomic mass is 32.2. The summed E-state index contributed by atoms with van der Waals surface area (Å²) in [5, 5.41) is 0. The van der Waals surface area contributed by atoms with Gasteiger partial charge in [-0.2, -0.15) is 4.31 Å². The van der Waals surface area contributed by atoms with Crippen LogP contribution in [0.2, 0.25) is 0 Å². The summed E-state index contributed by atoms with van der Waals surface area (Å²) in [7, 11) is 0.370. The van der Waals surface area contributed by atoms with Gasteiger partial charge < -0.3 is 10.6 Å². The molecule has 2 unspecified atom stereocenters. The minimum Gasteiger partial charge on any atom is -0.389 e. The van der Waals surface area contributed by atoms with Gasteiger partial charge in [-0.25, -0.2) is 8.42 Å². The average Bonchev–Trinajstić information content (AvgIpc) is 2.81. The van der Waals surface area contributed by atoms with Crippen molar-refractivity contribution in [2.45, 2.75) is 17.9 Å². The highest BCUT2D eigenvalue weighted by Crippen LogP contribution is 2.28. The third-order valence-electron chi connectivity index (χ3n) is 3.97. The summed E-state index contributed by atoms with van der Waals surface area (Å²) in [5.74, 6) is 0.284. The molecule has 1 fully saturated rings. The van der Waals surface area contributed by atoms with E-state index < -0.39 is 10.0 Å². The van der Waals surface area contributed by atoms with Crippen molar-refractivity contribution in [1.29, 1.82) is 0 Å². The normalized spacial score (nSPS) is 23.6. The Kier molecular flexibility index (Phi) is 4.67. The minimum absolute atomic E-state index is 0.102. The van der Waals surface area contributed by atoms with Crippen molar-refractivity contribution in [3.63, 3.8) is 0 Å². The quantitative estimate of drug-likeness (QED) is 0.832. The Bertz CT molecular complexity index is 643. The number of hydrogen-bond donors (Lipinski definition) is 1. The Hall–Kier alpha value is -1.02. The van der Waals surface area contributed by atoms with Crippen LogP contribution in [-0.4, -0.2) is 55.8 Å². The molecule has 1 aromatic carbocycles. The summed E-state index contributed by atoms with van der Waals surface area (Å²) in [6.45, 7) is 3.07. The Morgan fingerprint density at radius 2 is 1.95 bits per heavy atom. The molecular formula is C14H21N3O2S2. The largest absolute Gasteiger partial charge is 0.389 e. The lowest BCUT2D eigenvalue weighted by molar-refractivity contribution is 0.263. The third-order valence-corrected chi connectivity index (χ3v) is 6.08. The maximum absolute atomic E-state index is 12.9. The predicted molar refractivity (Wildman–Crippen MR) is 87.7 cm³/mol. The van der Waals surface area contributed by atoms with Crippen molar-refractivity contribution in [2.75, 3.05) is 27.2 Å². The monoisotopic (exact) mass is 327 g/mol. The Labute approximate surface area is 131 Å². The van der Waals surface area contributed by atoms with Gasteiger partial charge in [0, 0.05) is 24.7 Å². The van der Waals surface area contributed by atoms with Crippen LogP contribution in [0.15, 0.2) is 29.2 Å². The van der Waals surface area contributed by atoms with E-state index in [9.17, 15) is 8.42 Å². The maximum Gasteiger partial charge on any atom is 0.243 e. The van der Waals surface area contributed by atoms with Gasteiger partial charge in [0.05, 0.1) is 4.90 Å². The molecule has 0 bridgehead atoms. The van der Waals surface area contributed by atoms with Gasteiger partial charge in [-0.1, -0.05) is 37.3 Å². The molecule has 0 saturated carbocycles. The van der Waals surface area contributed by atoms with E-state index in [1.807, 2.05) is 14.1 Å². The molecule has 0 amide bonds. The van der Waals surface area contributed by atoms with Crippen molar-refractivity contribution in [2.24, 2.45) is 11.7 Å². The second-order valence-electron chi connectivity index (χ2n) is 5.69. The first-order valence-electron chi connectivity index (χ1n) is 6.80. The summed E-state index contributed by atoms with van der Waals surface area (Å²) in [5.41, 5.74) is 6.06. The van der Waals surface area contributed by atoms with Gasteiger partial charge in [-0.05, 0) is 26.1 Å². The molecule has 21 heavy (non-hydrogen) atoms. The molecule has 1 aromatic rings. The number of nitrogens with zero attached hydrogens (tertiary/aromatic N) is 2. The van der Waals surface area contributed by atoms with Crippen molar-refractivity contribution in [1.82, 2.24) is 9.21 Å². The van der Waals surface area contributed by atoms with E-state index >= 15 is 0 Å². The zero-order chi connectivity index (χ0) is 15.8. The second kappa shape index (κ2) is 6.00. The van der Waals surface area contributed by atoms with E-state index in [-0.39, 0.29) is 21.8 Å². The molecule has 0 aromatic heterocycles. The lowest BCUT2D eigenvalue weighted by Crippen LogP contribution is -2.36. The van der Waals surface area contributed by atoms with Crippen LogP contribution in [0.1, 0.15) is 12.5 Å². The zero-order valence-corrected chi connectivity index (χ0v) is 14.1. The topological polar surface area (TPSA) is 66.6 Å². The first kappa shape index (κ1) is 16.4. The highest BCUT2D eigenvalue weighted by molar-refractivity contribution is 7.89. The number of sulfonamides is 1. The van der Waals surface area contributed by atoms with E-state index in [4.69, 9.17) is 18.0 Å². The predicted octanol–water partition coefficient (Wildman–Crippen LogP) is 0.891. The number of rotatable bonds is 4. The molecule has 0 radical (unpaired) electrons. The molecule has 2 N–H and O–H groups in total. The van der Waals surface area contributed by atoms with Gasteiger partial charge in [0.25, 0.3) is 0 Å². The SMILES string of the molecule is CC1CN(S(=O)(=O)c2ccccc2C(N)=S)CC1N(C)C. The van der Waals surface area contributed by atoms with Crippen LogP contribution in [0, 0.1) is 5.92 Å². The molecule has 1 saturated heterocycles. The van der Waals surface area contributed by atoms with E-state index in [0.717, 1.165) is 0 Å². The molecule has 0 spiro atoms. The molecule has 0 aliphatic carbocycles. The molecule has 5 nitrogen and oxygen atoms in total. The third kappa shape index (κ3) is 3.11. The number of nitrogens with two attached hydrogens (primary N) is 1. The number of hydrogen-bond acceptors (Lipinski definition) is 4. The molecule has 1 aliphatic rings. The fraction of sp³-hybridized carbons (Fsp3) is 0.500. The number of likely N-dealkylation sites (N-methyl/N-ethyl adjacent to an activating group) is 1. The van der Waals surface area contributed by atoms with Crippen LogP contribution in [0.25, 0.3) is 0 Å². The molecule has 7 heteroatoms. The Balaban J connectivity index is 2.39. The molecule has 2 rings (SSSR count). The minimum atomic E-state index is -3.57. The van der Waals surface area contributed by atoms with E-state index in [1.54, 1.807) is 24.3 Å². The van der Waals surface area contributed by atoms with Crippen LogP contribution in [0.5, 0.6) is 0 Å². The van der Waals surface area contributed by atoms with Gasteiger partial charge in [0.2, 0.25) is 10.0 Å². The standard InChI is InChI=1S/C14H21N3O2S2/c1-10-8-17(9-12(10)16(2)3)21(18,19)13-7-5-4-6-11(13)14(15)20/h4-7,10,12H,8-9H2,1-3H3,(H2,15,20). The van der Waals surface area contributed by atoms with Crippen molar-refractivity contribution >= 4 is 27.2 Å². The van der Waals surface area contributed by atoms with Gasteiger partial charge in [-0.3, -0.25) is 0 Å². The summed E-state index contributed by atoms with van der Waals surface area (Å²) < 4.78 is 27.3. The summed E-state index contributed by atoms with van der Waals surface area (Å²) in [4.78, 5) is 2.37. The van der Waals surface area contributed by atoms with Crippen LogP contribution >= 0.6 is 12.2 Å². The van der Waals surface area contributed by atoms with Crippen molar-refractivity contribution in [3.8, 4) is 0 Å². The summed E-state index contributed by atoms with van der Waals surface area (Å²) in [6, 6.07) is 6.87.